The van der Waals surface area contributed by atoms with Crippen molar-refractivity contribution in [1.29, 1.82) is 5.26 Å². The first kappa shape index (κ1) is 14.9. The van der Waals surface area contributed by atoms with E-state index in [9.17, 15) is 15.2 Å². The SMILES string of the molecule is CC(C)CC(O)CNc1ccc(C#N)c([N+](=O)[O-])c1. The molecular formula is C13H17N3O3. The second-order valence-corrected chi connectivity index (χ2v) is 4.77. The Labute approximate surface area is 111 Å². The molecule has 1 aromatic carbocycles. The zero-order valence-electron chi connectivity index (χ0n) is 11.0. The number of aliphatic hydroxyl groups is 1. The van der Waals surface area contributed by atoms with Gasteiger partial charge in [0.25, 0.3) is 5.69 Å². The highest BCUT2D eigenvalue weighted by Crippen LogP contribution is 2.22. The van der Waals surface area contributed by atoms with Gasteiger partial charge in [0.1, 0.15) is 11.6 Å². The molecule has 6 heteroatoms. The first-order valence-corrected chi connectivity index (χ1v) is 6.04. The molecule has 0 aliphatic carbocycles. The number of anilines is 1. The summed E-state index contributed by atoms with van der Waals surface area (Å²) in [6.45, 7) is 4.34. The summed E-state index contributed by atoms with van der Waals surface area (Å²) in [5.74, 6) is 0.382. The summed E-state index contributed by atoms with van der Waals surface area (Å²) in [7, 11) is 0. The summed E-state index contributed by atoms with van der Waals surface area (Å²) in [4.78, 5) is 10.2. The number of benzene rings is 1. The van der Waals surface area contributed by atoms with E-state index >= 15 is 0 Å². The number of nitro benzene ring substituents is 1. The number of nitro groups is 1. The number of nitrogens with one attached hydrogen (secondary N) is 1. The van der Waals surface area contributed by atoms with Crippen LogP contribution in [0.5, 0.6) is 0 Å². The lowest BCUT2D eigenvalue weighted by molar-refractivity contribution is -0.385. The van der Waals surface area contributed by atoms with E-state index in [2.05, 4.69) is 5.32 Å². The van der Waals surface area contributed by atoms with E-state index in [1.54, 1.807) is 12.1 Å². The zero-order valence-corrected chi connectivity index (χ0v) is 11.0. The van der Waals surface area contributed by atoms with Gasteiger partial charge in [0.2, 0.25) is 0 Å². The van der Waals surface area contributed by atoms with Gasteiger partial charge in [-0.1, -0.05) is 13.8 Å². The number of hydrogen-bond acceptors (Lipinski definition) is 5. The minimum Gasteiger partial charge on any atom is -0.391 e. The molecule has 19 heavy (non-hydrogen) atoms. The topological polar surface area (TPSA) is 99.2 Å². The maximum Gasteiger partial charge on any atom is 0.289 e. The molecule has 102 valence electrons. The van der Waals surface area contributed by atoms with Gasteiger partial charge in [-0.3, -0.25) is 10.1 Å². The van der Waals surface area contributed by atoms with Crippen molar-refractivity contribution in [2.75, 3.05) is 11.9 Å². The second kappa shape index (κ2) is 6.71. The lowest BCUT2D eigenvalue weighted by Gasteiger charge is -2.14. The van der Waals surface area contributed by atoms with Crippen LogP contribution >= 0.6 is 0 Å². The Bertz CT molecular complexity index is 494. The molecule has 0 spiro atoms. The molecule has 2 N–H and O–H groups in total. The van der Waals surface area contributed by atoms with Crippen molar-refractivity contribution < 1.29 is 10.0 Å². The van der Waals surface area contributed by atoms with Crippen LogP contribution in [0.15, 0.2) is 18.2 Å². The monoisotopic (exact) mass is 263 g/mol. The average molecular weight is 263 g/mol. The van der Waals surface area contributed by atoms with E-state index in [1.165, 1.54) is 12.1 Å². The fraction of sp³-hybridized carbons (Fsp3) is 0.462. The third kappa shape index (κ3) is 4.56. The van der Waals surface area contributed by atoms with Crippen LogP contribution in [0, 0.1) is 27.4 Å². The van der Waals surface area contributed by atoms with E-state index in [-0.39, 0.29) is 11.3 Å². The predicted molar refractivity (Wildman–Crippen MR) is 71.8 cm³/mol. The van der Waals surface area contributed by atoms with Crippen molar-refractivity contribution >= 4 is 11.4 Å². The Morgan fingerprint density at radius 3 is 2.74 bits per heavy atom. The Morgan fingerprint density at radius 1 is 1.53 bits per heavy atom. The van der Waals surface area contributed by atoms with Crippen molar-refractivity contribution in [3.05, 3.63) is 33.9 Å². The summed E-state index contributed by atoms with van der Waals surface area (Å²) in [5.41, 5.74) is 0.317. The van der Waals surface area contributed by atoms with Crippen LogP contribution in [0.1, 0.15) is 25.8 Å². The van der Waals surface area contributed by atoms with E-state index < -0.39 is 11.0 Å². The standard InChI is InChI=1S/C13H17N3O3/c1-9(2)5-12(17)8-15-11-4-3-10(7-14)13(6-11)16(18)19/h3-4,6,9,12,15,17H,5,8H2,1-2H3. The average Bonchev–Trinajstić information content (AvgIpc) is 2.35. The minimum atomic E-state index is -0.589. The molecule has 1 aromatic rings. The largest absolute Gasteiger partial charge is 0.391 e. The summed E-state index contributed by atoms with van der Waals surface area (Å²) in [5, 5.41) is 32.2. The Balaban J connectivity index is 2.73. The molecule has 0 aliphatic rings. The molecule has 0 heterocycles. The highest BCUT2D eigenvalue weighted by atomic mass is 16.6. The van der Waals surface area contributed by atoms with Crippen LogP contribution in [0.4, 0.5) is 11.4 Å². The van der Waals surface area contributed by atoms with Crippen molar-refractivity contribution in [3.63, 3.8) is 0 Å². The van der Waals surface area contributed by atoms with Crippen molar-refractivity contribution in [2.45, 2.75) is 26.4 Å². The fourth-order valence-corrected chi connectivity index (χ4v) is 1.75. The van der Waals surface area contributed by atoms with E-state index in [0.29, 0.717) is 24.6 Å². The van der Waals surface area contributed by atoms with Gasteiger partial charge >= 0.3 is 0 Å². The van der Waals surface area contributed by atoms with Gasteiger partial charge in [0, 0.05) is 18.3 Å². The normalized spacial score (nSPS) is 11.9. The third-order valence-corrected chi connectivity index (χ3v) is 2.60. The molecule has 0 aromatic heterocycles. The van der Waals surface area contributed by atoms with Crippen LogP contribution in [0.3, 0.4) is 0 Å². The van der Waals surface area contributed by atoms with Crippen LogP contribution < -0.4 is 5.32 Å². The lowest BCUT2D eigenvalue weighted by Crippen LogP contribution is -2.21. The molecule has 0 saturated heterocycles. The molecule has 6 nitrogen and oxygen atoms in total. The number of nitriles is 1. The molecule has 0 fully saturated rings. The van der Waals surface area contributed by atoms with E-state index in [1.807, 2.05) is 13.8 Å². The highest BCUT2D eigenvalue weighted by molar-refractivity contribution is 5.59. The highest BCUT2D eigenvalue weighted by Gasteiger charge is 2.14. The molecule has 1 rings (SSSR count). The van der Waals surface area contributed by atoms with Gasteiger partial charge in [-0.05, 0) is 24.5 Å². The van der Waals surface area contributed by atoms with Gasteiger partial charge in [-0.2, -0.15) is 5.26 Å². The summed E-state index contributed by atoms with van der Waals surface area (Å²) in [6, 6.07) is 6.07. The molecule has 1 unspecified atom stereocenters. The van der Waals surface area contributed by atoms with Gasteiger partial charge in [-0.25, -0.2) is 0 Å². The van der Waals surface area contributed by atoms with Crippen molar-refractivity contribution in [1.82, 2.24) is 0 Å². The molecule has 1 atom stereocenters. The van der Waals surface area contributed by atoms with Crippen LogP contribution in [-0.4, -0.2) is 22.7 Å². The van der Waals surface area contributed by atoms with Crippen molar-refractivity contribution in [3.8, 4) is 6.07 Å². The van der Waals surface area contributed by atoms with Crippen LogP contribution in [0.2, 0.25) is 0 Å². The van der Waals surface area contributed by atoms with E-state index in [4.69, 9.17) is 5.26 Å². The molecule has 0 radical (unpaired) electrons. The third-order valence-electron chi connectivity index (χ3n) is 2.60. The molecule has 0 aliphatic heterocycles. The fourth-order valence-electron chi connectivity index (χ4n) is 1.75. The minimum absolute atomic E-state index is 0.0262. The maximum absolute atomic E-state index is 10.8. The zero-order chi connectivity index (χ0) is 14.4. The molecule has 0 saturated carbocycles. The number of rotatable bonds is 6. The van der Waals surface area contributed by atoms with Gasteiger partial charge in [0.15, 0.2) is 0 Å². The van der Waals surface area contributed by atoms with Gasteiger partial charge in [0.05, 0.1) is 11.0 Å². The first-order chi connectivity index (χ1) is 8.93. The van der Waals surface area contributed by atoms with Crippen LogP contribution in [0.25, 0.3) is 0 Å². The van der Waals surface area contributed by atoms with Crippen LogP contribution in [-0.2, 0) is 0 Å². The quantitative estimate of drug-likeness (QED) is 0.606. The van der Waals surface area contributed by atoms with Gasteiger partial charge < -0.3 is 10.4 Å². The maximum atomic E-state index is 10.8. The first-order valence-electron chi connectivity index (χ1n) is 6.04. The summed E-state index contributed by atoms with van der Waals surface area (Å²) in [6.07, 6.45) is 0.153. The Kier molecular flexibility index (Phi) is 5.27. The summed E-state index contributed by atoms with van der Waals surface area (Å²) >= 11 is 0. The smallest absolute Gasteiger partial charge is 0.289 e. The molecule has 0 bridgehead atoms. The van der Waals surface area contributed by atoms with Gasteiger partial charge in [-0.15, -0.1) is 0 Å². The number of aliphatic hydroxyl groups excluding tert-OH is 1. The predicted octanol–water partition coefficient (Wildman–Crippen LogP) is 2.29. The lowest BCUT2D eigenvalue weighted by atomic mass is 10.1. The molecule has 0 amide bonds. The van der Waals surface area contributed by atoms with E-state index in [0.717, 1.165) is 0 Å². The Morgan fingerprint density at radius 2 is 2.21 bits per heavy atom. The summed E-state index contributed by atoms with van der Waals surface area (Å²) < 4.78 is 0. The number of nitrogens with zero attached hydrogens (tertiary/aromatic N) is 2. The van der Waals surface area contributed by atoms with Crippen molar-refractivity contribution in [2.24, 2.45) is 5.92 Å². The second-order valence-electron chi connectivity index (χ2n) is 4.77. The Hall–Kier alpha value is -2.13. The molecular weight excluding hydrogens is 246 g/mol. The number of hydrogen-bond donors (Lipinski definition) is 2.